The summed E-state index contributed by atoms with van der Waals surface area (Å²) in [6.07, 6.45) is 1.01. The quantitative estimate of drug-likeness (QED) is 0.735. The van der Waals surface area contributed by atoms with Gasteiger partial charge in [0.15, 0.2) is 0 Å². The van der Waals surface area contributed by atoms with Gasteiger partial charge in [-0.05, 0) is 48.4 Å². The van der Waals surface area contributed by atoms with Crippen molar-refractivity contribution in [3.05, 3.63) is 57.0 Å². The topological polar surface area (TPSA) is 35.8 Å². The van der Waals surface area contributed by atoms with Crippen LogP contribution in [-0.4, -0.2) is 5.75 Å². The number of rotatable bonds is 2. The molecule has 1 N–H and O–H groups in total. The van der Waals surface area contributed by atoms with Gasteiger partial charge in [-0.15, -0.1) is 11.8 Å². The molecule has 2 aromatic carbocycles. The van der Waals surface area contributed by atoms with Crippen molar-refractivity contribution in [2.45, 2.75) is 17.4 Å². The van der Waals surface area contributed by atoms with Gasteiger partial charge in [0.1, 0.15) is 6.07 Å². The Balaban J connectivity index is 1.94. The minimum absolute atomic E-state index is 0.188. The van der Waals surface area contributed by atoms with Gasteiger partial charge >= 0.3 is 0 Å². The third-order valence-electron chi connectivity index (χ3n) is 3.44. The van der Waals surface area contributed by atoms with E-state index in [-0.39, 0.29) is 6.04 Å². The minimum atomic E-state index is 0.188. The summed E-state index contributed by atoms with van der Waals surface area (Å²) in [6.45, 7) is 0. The van der Waals surface area contributed by atoms with Crippen LogP contribution in [0.2, 0.25) is 5.02 Å². The standard InChI is InChI=1S/C16H12BrClN2S/c17-11-1-3-14(10(7-11)9-19)20-15-5-6-21-16-4-2-12(18)8-13(15)16/h1-4,7-8,15,20H,5-6H2. The Morgan fingerprint density at radius 2 is 2.14 bits per heavy atom. The molecule has 1 atom stereocenters. The summed E-state index contributed by atoms with van der Waals surface area (Å²) >= 11 is 11.4. The lowest BCUT2D eigenvalue weighted by molar-refractivity contribution is 0.728. The van der Waals surface area contributed by atoms with Crippen molar-refractivity contribution >= 4 is 45.0 Å². The van der Waals surface area contributed by atoms with Crippen LogP contribution in [0.5, 0.6) is 0 Å². The van der Waals surface area contributed by atoms with Crippen molar-refractivity contribution in [2.24, 2.45) is 0 Å². The number of thioether (sulfide) groups is 1. The summed E-state index contributed by atoms with van der Waals surface area (Å²) in [5.41, 5.74) is 2.72. The van der Waals surface area contributed by atoms with Crippen LogP contribution < -0.4 is 5.32 Å². The highest BCUT2D eigenvalue weighted by Gasteiger charge is 2.21. The van der Waals surface area contributed by atoms with E-state index >= 15 is 0 Å². The van der Waals surface area contributed by atoms with Crippen LogP contribution in [0.15, 0.2) is 45.8 Å². The average Bonchev–Trinajstić information content (AvgIpc) is 2.49. The first-order valence-electron chi connectivity index (χ1n) is 6.56. The molecule has 1 aliphatic rings. The molecule has 0 aliphatic carbocycles. The summed E-state index contributed by atoms with van der Waals surface area (Å²) in [5, 5.41) is 13.5. The summed E-state index contributed by atoms with van der Waals surface area (Å²) in [4.78, 5) is 1.26. The Kier molecular flexibility index (Phi) is 4.44. The Labute approximate surface area is 141 Å². The molecular weight excluding hydrogens is 368 g/mol. The van der Waals surface area contributed by atoms with Gasteiger partial charge < -0.3 is 5.32 Å². The summed E-state index contributed by atoms with van der Waals surface area (Å²) in [6, 6.07) is 14.2. The molecule has 5 heteroatoms. The molecule has 0 spiro atoms. The van der Waals surface area contributed by atoms with E-state index in [9.17, 15) is 5.26 Å². The lowest BCUT2D eigenvalue weighted by Crippen LogP contribution is -2.16. The zero-order chi connectivity index (χ0) is 14.8. The van der Waals surface area contributed by atoms with Gasteiger partial charge in [0.05, 0.1) is 17.3 Å². The maximum Gasteiger partial charge on any atom is 0.101 e. The molecule has 1 unspecified atom stereocenters. The van der Waals surface area contributed by atoms with Crippen LogP contribution in [0.4, 0.5) is 5.69 Å². The predicted octanol–water partition coefficient (Wildman–Crippen LogP) is 5.62. The van der Waals surface area contributed by atoms with Crippen LogP contribution in [0, 0.1) is 11.3 Å². The fraction of sp³-hybridized carbons (Fsp3) is 0.188. The number of hydrogen-bond donors (Lipinski definition) is 1. The van der Waals surface area contributed by atoms with E-state index in [1.54, 1.807) is 0 Å². The third-order valence-corrected chi connectivity index (χ3v) is 5.29. The fourth-order valence-corrected chi connectivity index (χ4v) is 4.08. The number of hydrogen-bond acceptors (Lipinski definition) is 3. The van der Waals surface area contributed by atoms with Gasteiger partial charge in [-0.25, -0.2) is 0 Å². The number of nitrogens with zero attached hydrogens (tertiary/aromatic N) is 1. The van der Waals surface area contributed by atoms with E-state index in [2.05, 4.69) is 33.4 Å². The first kappa shape index (κ1) is 14.8. The normalized spacial score (nSPS) is 16.9. The molecule has 1 heterocycles. The molecule has 3 rings (SSSR count). The molecule has 0 fully saturated rings. The molecule has 106 valence electrons. The summed E-state index contributed by atoms with van der Waals surface area (Å²) in [7, 11) is 0. The predicted molar refractivity (Wildman–Crippen MR) is 92.0 cm³/mol. The zero-order valence-corrected chi connectivity index (χ0v) is 14.2. The van der Waals surface area contributed by atoms with Crippen molar-refractivity contribution in [1.29, 1.82) is 5.26 Å². The Morgan fingerprint density at radius 3 is 2.95 bits per heavy atom. The van der Waals surface area contributed by atoms with E-state index in [0.29, 0.717) is 5.56 Å². The second-order valence-corrected chi connectivity index (χ2v) is 7.31. The van der Waals surface area contributed by atoms with Crippen LogP contribution in [0.25, 0.3) is 0 Å². The highest BCUT2D eigenvalue weighted by Crippen LogP contribution is 2.39. The number of nitriles is 1. The van der Waals surface area contributed by atoms with Gasteiger partial charge in [-0.1, -0.05) is 27.5 Å². The van der Waals surface area contributed by atoms with Crippen molar-refractivity contribution < 1.29 is 0 Å². The summed E-state index contributed by atoms with van der Waals surface area (Å²) < 4.78 is 0.909. The molecule has 0 saturated heterocycles. The highest BCUT2D eigenvalue weighted by molar-refractivity contribution is 9.10. The van der Waals surface area contributed by atoms with Crippen molar-refractivity contribution in [2.75, 3.05) is 11.1 Å². The Morgan fingerprint density at radius 1 is 1.29 bits per heavy atom. The van der Waals surface area contributed by atoms with E-state index < -0.39 is 0 Å². The van der Waals surface area contributed by atoms with Crippen LogP contribution >= 0.6 is 39.3 Å². The average molecular weight is 380 g/mol. The van der Waals surface area contributed by atoms with E-state index in [1.807, 2.05) is 42.1 Å². The molecule has 1 aliphatic heterocycles. The molecule has 0 aromatic heterocycles. The largest absolute Gasteiger partial charge is 0.377 e. The summed E-state index contributed by atoms with van der Waals surface area (Å²) in [5.74, 6) is 1.06. The van der Waals surface area contributed by atoms with Crippen molar-refractivity contribution in [3.8, 4) is 6.07 Å². The molecule has 0 bridgehead atoms. The Bertz CT molecular complexity index is 727. The number of halogens is 2. The first-order chi connectivity index (χ1) is 10.2. The highest BCUT2D eigenvalue weighted by atomic mass is 79.9. The molecule has 2 nitrogen and oxygen atoms in total. The molecule has 0 saturated carbocycles. The van der Waals surface area contributed by atoms with E-state index in [4.69, 9.17) is 11.6 Å². The molecule has 21 heavy (non-hydrogen) atoms. The second kappa shape index (κ2) is 6.31. The van der Waals surface area contributed by atoms with E-state index in [1.165, 1.54) is 10.5 Å². The van der Waals surface area contributed by atoms with Crippen molar-refractivity contribution in [1.82, 2.24) is 0 Å². The smallest absolute Gasteiger partial charge is 0.101 e. The van der Waals surface area contributed by atoms with Gasteiger partial charge in [0.25, 0.3) is 0 Å². The minimum Gasteiger partial charge on any atom is -0.377 e. The lowest BCUT2D eigenvalue weighted by atomic mass is 10.0. The fourth-order valence-electron chi connectivity index (χ4n) is 2.44. The van der Waals surface area contributed by atoms with Gasteiger partial charge in [0.2, 0.25) is 0 Å². The Hall–Kier alpha value is -1.15. The first-order valence-corrected chi connectivity index (χ1v) is 8.71. The SMILES string of the molecule is N#Cc1cc(Br)ccc1NC1CCSc2ccc(Cl)cc21. The van der Waals surface area contributed by atoms with Crippen LogP contribution in [-0.2, 0) is 0 Å². The second-order valence-electron chi connectivity index (χ2n) is 4.82. The number of nitrogens with one attached hydrogen (secondary N) is 1. The van der Waals surface area contributed by atoms with Gasteiger partial charge in [0, 0.05) is 20.1 Å². The maximum absolute atomic E-state index is 9.28. The maximum atomic E-state index is 9.28. The zero-order valence-electron chi connectivity index (χ0n) is 11.1. The number of anilines is 1. The monoisotopic (exact) mass is 378 g/mol. The van der Waals surface area contributed by atoms with Crippen LogP contribution in [0.3, 0.4) is 0 Å². The molecule has 2 aromatic rings. The lowest BCUT2D eigenvalue weighted by Gasteiger charge is -2.27. The molecular formula is C16H12BrClN2S. The number of fused-ring (bicyclic) bond motifs is 1. The molecule has 0 radical (unpaired) electrons. The molecule has 0 amide bonds. The third kappa shape index (κ3) is 3.21. The van der Waals surface area contributed by atoms with Gasteiger partial charge in [-0.2, -0.15) is 5.26 Å². The van der Waals surface area contributed by atoms with Crippen molar-refractivity contribution in [3.63, 3.8) is 0 Å². The van der Waals surface area contributed by atoms with E-state index in [0.717, 1.165) is 27.4 Å². The number of benzene rings is 2. The van der Waals surface area contributed by atoms with Gasteiger partial charge in [-0.3, -0.25) is 0 Å². The van der Waals surface area contributed by atoms with Crippen LogP contribution in [0.1, 0.15) is 23.6 Å².